The summed E-state index contributed by atoms with van der Waals surface area (Å²) in [5.41, 5.74) is 5.69. The highest BCUT2D eigenvalue weighted by Crippen LogP contribution is 2.61. The van der Waals surface area contributed by atoms with Gasteiger partial charge in [0.2, 0.25) is 23.6 Å². The Bertz CT molecular complexity index is 1590. The number of hydrogen-bond donors (Lipinski definition) is 7. The number of carbonyl (C=O) groups is 5. The number of carboxylic acid groups (broad SMARTS) is 1. The van der Waals surface area contributed by atoms with Gasteiger partial charge in [0, 0.05) is 17.4 Å². The molecule has 4 aliphatic rings. The van der Waals surface area contributed by atoms with Crippen molar-refractivity contribution in [2.75, 3.05) is 18.6 Å². The Morgan fingerprint density at radius 2 is 1.54 bits per heavy atom. The first-order chi connectivity index (χ1) is 24.1. The number of carboxylic acids is 1. The zero-order valence-corrected chi connectivity index (χ0v) is 31.6. The molecule has 2 aromatic carbocycles. The number of phenolic OH excluding ortho intramolecular Hbond substituents is 1. The van der Waals surface area contributed by atoms with Crippen molar-refractivity contribution >= 4 is 53.8 Å². The van der Waals surface area contributed by atoms with Gasteiger partial charge in [0.15, 0.2) is 0 Å². The summed E-state index contributed by atoms with van der Waals surface area (Å²) >= 11 is 1.50. The minimum absolute atomic E-state index is 0. The van der Waals surface area contributed by atoms with Crippen molar-refractivity contribution in [1.82, 2.24) is 21.3 Å². The van der Waals surface area contributed by atoms with Crippen LogP contribution in [0.2, 0.25) is 0 Å². The van der Waals surface area contributed by atoms with Crippen LogP contribution in [0.1, 0.15) is 69.9 Å². The van der Waals surface area contributed by atoms with Crippen LogP contribution in [-0.2, 0) is 35.8 Å². The highest BCUT2D eigenvalue weighted by molar-refractivity contribution is 7.98. The monoisotopic (exact) mass is 757 g/mol. The maximum Gasteiger partial charge on any atom is 0.309 e. The van der Waals surface area contributed by atoms with Gasteiger partial charge >= 0.3 is 5.97 Å². The largest absolute Gasteiger partial charge is 0.508 e. The standard InChI is InChI=1S/C38H51N5O7S.ClH/c1-36(2,26-9-11-27(44)12-10-26)31(39)34(48)42-28(13-14-51-3)32(46)40-21-30(45)41-29(16-23-7-5-4-6-8-23)33(47)43-38-19-24-15-25(20-38)18-37(17-24,22-38)35(49)50;/h4-12,24-25,28-29,31,44H,13-22,39H2,1-3H3,(H,40,46)(H,41,45)(H,42,48)(H,43,47)(H,49,50);1H/t24?,25?,28-,29+,31-,37?,38?;/m1./s1. The maximum atomic E-state index is 14.0. The fourth-order valence-electron chi connectivity index (χ4n) is 8.77. The fourth-order valence-corrected chi connectivity index (χ4v) is 9.24. The number of aromatic hydroxyl groups is 1. The summed E-state index contributed by atoms with van der Waals surface area (Å²) in [4.78, 5) is 66.4. The lowest BCUT2D eigenvalue weighted by Crippen LogP contribution is -2.66. The number of amides is 4. The van der Waals surface area contributed by atoms with Crippen molar-refractivity contribution in [2.24, 2.45) is 23.0 Å². The molecule has 0 saturated heterocycles. The van der Waals surface area contributed by atoms with Crippen molar-refractivity contribution < 1.29 is 34.2 Å². The van der Waals surface area contributed by atoms with Crippen LogP contribution >= 0.6 is 24.2 Å². The molecule has 0 aliphatic heterocycles. The Hall–Kier alpha value is -3.81. The van der Waals surface area contributed by atoms with E-state index in [4.69, 9.17) is 5.73 Å². The minimum Gasteiger partial charge on any atom is -0.508 e. The topological polar surface area (TPSA) is 200 Å². The van der Waals surface area contributed by atoms with Gasteiger partial charge in [0.1, 0.15) is 17.8 Å². The number of nitrogens with one attached hydrogen (secondary N) is 4. The van der Waals surface area contributed by atoms with E-state index >= 15 is 0 Å². The molecule has 0 spiro atoms. The molecule has 2 aromatic rings. The minimum atomic E-state index is -1.02. The van der Waals surface area contributed by atoms with Crippen LogP contribution in [-0.4, -0.2) is 82.0 Å². The highest BCUT2D eigenvalue weighted by atomic mass is 35.5. The van der Waals surface area contributed by atoms with E-state index in [9.17, 15) is 34.2 Å². The van der Waals surface area contributed by atoms with Crippen LogP contribution in [0.25, 0.3) is 0 Å². The molecule has 4 amide bonds. The molecule has 5 atom stereocenters. The Balaban J connectivity index is 0.00000605. The van der Waals surface area contributed by atoms with Crippen LogP contribution in [0.5, 0.6) is 5.75 Å². The van der Waals surface area contributed by atoms with Gasteiger partial charge < -0.3 is 37.2 Å². The van der Waals surface area contributed by atoms with Crippen LogP contribution < -0.4 is 27.0 Å². The maximum absolute atomic E-state index is 14.0. The Labute approximate surface area is 315 Å². The summed E-state index contributed by atoms with van der Waals surface area (Å²) in [6.07, 6.45) is 6.49. The van der Waals surface area contributed by atoms with E-state index in [2.05, 4.69) is 21.3 Å². The smallest absolute Gasteiger partial charge is 0.309 e. The average molecular weight is 758 g/mol. The van der Waals surface area contributed by atoms with E-state index in [0.29, 0.717) is 31.4 Å². The van der Waals surface area contributed by atoms with Gasteiger partial charge in [-0.05, 0) is 92.0 Å². The molecule has 8 N–H and O–H groups in total. The lowest BCUT2D eigenvalue weighted by atomic mass is 9.47. The lowest BCUT2D eigenvalue weighted by molar-refractivity contribution is -0.170. The highest BCUT2D eigenvalue weighted by Gasteiger charge is 2.61. The van der Waals surface area contributed by atoms with Gasteiger partial charge in [-0.15, -0.1) is 12.4 Å². The number of benzene rings is 2. The van der Waals surface area contributed by atoms with Crippen LogP contribution in [0, 0.1) is 17.3 Å². The van der Waals surface area contributed by atoms with Crippen LogP contribution in [0.3, 0.4) is 0 Å². The number of hydrogen-bond acceptors (Lipinski definition) is 8. The summed E-state index contributed by atoms with van der Waals surface area (Å²) in [7, 11) is 0. The molecule has 4 fully saturated rings. The number of carbonyl (C=O) groups excluding carboxylic acids is 4. The van der Waals surface area contributed by atoms with E-state index < -0.39 is 64.7 Å². The summed E-state index contributed by atoms with van der Waals surface area (Å²) < 4.78 is 0. The summed E-state index contributed by atoms with van der Waals surface area (Å²) in [5.74, 6) is -1.70. The van der Waals surface area contributed by atoms with Crippen LogP contribution in [0.4, 0.5) is 0 Å². The second kappa shape index (κ2) is 16.9. The van der Waals surface area contributed by atoms with Gasteiger partial charge in [-0.1, -0.05) is 56.3 Å². The van der Waals surface area contributed by atoms with Crippen molar-refractivity contribution in [1.29, 1.82) is 0 Å². The Morgan fingerprint density at radius 1 is 0.904 bits per heavy atom. The molecule has 4 bridgehead atoms. The molecule has 4 aliphatic carbocycles. The SMILES string of the molecule is CSCC[C@@H](NC(=O)[C@@H](N)C(C)(C)c1ccc(O)cc1)C(=O)NCC(=O)N[C@@H](Cc1ccccc1)C(=O)NC12CC3CC(C1)CC(C(=O)O)(C3)C2.Cl. The predicted octanol–water partition coefficient (Wildman–Crippen LogP) is 3.04. The second-order valence-corrected chi connectivity index (χ2v) is 16.4. The molecule has 0 aromatic heterocycles. The number of nitrogens with two attached hydrogens (primary N) is 1. The van der Waals surface area contributed by atoms with E-state index in [1.165, 1.54) is 23.9 Å². The Kier molecular flexibility index (Phi) is 13.3. The van der Waals surface area contributed by atoms with Crippen molar-refractivity contribution in [3.8, 4) is 5.75 Å². The third-order valence-electron chi connectivity index (χ3n) is 11.2. The normalized spacial score (nSPS) is 24.8. The third-order valence-corrected chi connectivity index (χ3v) is 11.8. The second-order valence-electron chi connectivity index (χ2n) is 15.4. The molecular formula is C38H52ClN5O7S. The number of aliphatic carboxylic acids is 1. The molecule has 2 unspecified atom stereocenters. The summed E-state index contributed by atoms with van der Waals surface area (Å²) in [6.45, 7) is 3.19. The molecule has 0 heterocycles. The molecule has 0 radical (unpaired) electrons. The zero-order valence-electron chi connectivity index (χ0n) is 30.0. The van der Waals surface area contributed by atoms with Crippen molar-refractivity contribution in [3.63, 3.8) is 0 Å². The quantitative estimate of drug-likeness (QED) is 0.135. The van der Waals surface area contributed by atoms with E-state index in [1.807, 2.05) is 36.6 Å². The molecule has 4 saturated carbocycles. The van der Waals surface area contributed by atoms with Crippen molar-refractivity contribution in [3.05, 3.63) is 65.7 Å². The Morgan fingerprint density at radius 3 is 2.13 bits per heavy atom. The lowest BCUT2D eigenvalue weighted by Gasteiger charge is -2.60. The summed E-state index contributed by atoms with van der Waals surface area (Å²) in [5, 5.41) is 31.2. The molecular weight excluding hydrogens is 706 g/mol. The first-order valence-electron chi connectivity index (χ1n) is 17.7. The van der Waals surface area contributed by atoms with Gasteiger partial charge in [0.05, 0.1) is 18.0 Å². The van der Waals surface area contributed by atoms with Gasteiger partial charge in [-0.2, -0.15) is 11.8 Å². The third kappa shape index (κ3) is 9.40. The molecule has 12 nitrogen and oxygen atoms in total. The number of phenols is 1. The molecule has 284 valence electrons. The first kappa shape index (κ1) is 41.0. The average Bonchev–Trinajstić information content (AvgIpc) is 3.08. The van der Waals surface area contributed by atoms with Gasteiger partial charge in [-0.25, -0.2) is 0 Å². The number of rotatable bonds is 16. The van der Waals surface area contributed by atoms with Crippen LogP contribution in [0.15, 0.2) is 54.6 Å². The molecule has 14 heteroatoms. The van der Waals surface area contributed by atoms with E-state index in [-0.39, 0.29) is 42.3 Å². The number of halogens is 1. The molecule has 52 heavy (non-hydrogen) atoms. The van der Waals surface area contributed by atoms with Gasteiger partial charge in [-0.3, -0.25) is 24.0 Å². The van der Waals surface area contributed by atoms with Crippen molar-refractivity contribution in [2.45, 2.75) is 94.3 Å². The molecule has 6 rings (SSSR count). The predicted molar refractivity (Wildman–Crippen MR) is 202 cm³/mol. The number of thioether (sulfide) groups is 1. The van der Waals surface area contributed by atoms with E-state index in [0.717, 1.165) is 30.4 Å². The first-order valence-corrected chi connectivity index (χ1v) is 19.1. The van der Waals surface area contributed by atoms with Gasteiger partial charge in [0.25, 0.3) is 0 Å². The van der Waals surface area contributed by atoms with E-state index in [1.54, 1.807) is 26.0 Å². The summed E-state index contributed by atoms with van der Waals surface area (Å²) in [6, 6.07) is 12.8. The fraction of sp³-hybridized carbons (Fsp3) is 0.553. The zero-order chi connectivity index (χ0) is 37.0.